The van der Waals surface area contributed by atoms with Crippen molar-refractivity contribution in [1.29, 1.82) is 0 Å². The zero-order valence-electron chi connectivity index (χ0n) is 7.25. The molecule has 0 aromatic rings. The molecule has 0 amide bonds. The molecule has 0 fully saturated rings. The molecule has 11 heavy (non-hydrogen) atoms. The number of aliphatic hydroxyl groups excluding tert-OH is 1. The fourth-order valence-corrected chi connectivity index (χ4v) is 1.28. The van der Waals surface area contributed by atoms with Crippen LogP contribution in [0.5, 0.6) is 0 Å². The first-order chi connectivity index (χ1) is 5.18. The van der Waals surface area contributed by atoms with Crippen LogP contribution in [0.3, 0.4) is 0 Å². The second-order valence-corrected chi connectivity index (χ2v) is 3.54. The molecular formula is C10H16O. The summed E-state index contributed by atoms with van der Waals surface area (Å²) in [6, 6.07) is 0. The molecule has 62 valence electrons. The summed E-state index contributed by atoms with van der Waals surface area (Å²) in [5, 5.41) is 9.13. The molecule has 0 radical (unpaired) electrons. The maximum absolute atomic E-state index is 9.13. The van der Waals surface area contributed by atoms with E-state index in [1.807, 2.05) is 12.2 Å². The Hall–Kier alpha value is -0.560. The monoisotopic (exact) mass is 152 g/mol. The molecule has 1 aliphatic rings. The number of hydrogen-bond acceptors (Lipinski definition) is 1. The molecule has 1 nitrogen and oxygen atoms in total. The van der Waals surface area contributed by atoms with E-state index in [-0.39, 0.29) is 6.10 Å². The van der Waals surface area contributed by atoms with E-state index in [0.29, 0.717) is 5.92 Å². The van der Waals surface area contributed by atoms with Crippen LogP contribution in [0, 0.1) is 5.92 Å². The Labute approximate surface area is 68.4 Å². The molecule has 1 N–H and O–H groups in total. The molecule has 1 heteroatoms. The van der Waals surface area contributed by atoms with Crippen LogP contribution in [0.2, 0.25) is 0 Å². The van der Waals surface area contributed by atoms with Crippen LogP contribution in [0.25, 0.3) is 0 Å². The summed E-state index contributed by atoms with van der Waals surface area (Å²) < 4.78 is 0. The van der Waals surface area contributed by atoms with Gasteiger partial charge in [0, 0.05) is 0 Å². The molecule has 0 bridgehead atoms. The van der Waals surface area contributed by atoms with Crippen molar-refractivity contribution in [3.05, 3.63) is 23.8 Å². The summed E-state index contributed by atoms with van der Waals surface area (Å²) in [4.78, 5) is 0. The minimum absolute atomic E-state index is 0.245. The first kappa shape index (κ1) is 8.54. The molecule has 1 aliphatic carbocycles. The van der Waals surface area contributed by atoms with Crippen molar-refractivity contribution < 1.29 is 5.11 Å². The van der Waals surface area contributed by atoms with Gasteiger partial charge in [-0.2, -0.15) is 0 Å². The topological polar surface area (TPSA) is 20.2 Å². The molecule has 0 saturated heterocycles. The van der Waals surface area contributed by atoms with Gasteiger partial charge < -0.3 is 5.11 Å². The average molecular weight is 152 g/mol. The van der Waals surface area contributed by atoms with Gasteiger partial charge in [-0.1, -0.05) is 37.6 Å². The van der Waals surface area contributed by atoms with Gasteiger partial charge in [-0.25, -0.2) is 0 Å². The quantitative estimate of drug-likeness (QED) is 0.643. The smallest absolute Gasteiger partial charge is 0.0758 e. The van der Waals surface area contributed by atoms with Crippen LogP contribution >= 0.6 is 0 Å². The van der Waals surface area contributed by atoms with E-state index in [9.17, 15) is 0 Å². The van der Waals surface area contributed by atoms with Crippen LogP contribution in [0.4, 0.5) is 0 Å². The zero-order valence-corrected chi connectivity index (χ0v) is 7.25. The number of hydrogen-bond donors (Lipinski definition) is 1. The van der Waals surface area contributed by atoms with Crippen molar-refractivity contribution in [2.45, 2.75) is 32.8 Å². The molecular weight excluding hydrogens is 136 g/mol. The van der Waals surface area contributed by atoms with Gasteiger partial charge >= 0.3 is 0 Å². The van der Waals surface area contributed by atoms with Gasteiger partial charge in [0.05, 0.1) is 6.10 Å². The van der Waals surface area contributed by atoms with Gasteiger partial charge in [-0.3, -0.25) is 0 Å². The van der Waals surface area contributed by atoms with Crippen molar-refractivity contribution in [2.24, 2.45) is 5.92 Å². The van der Waals surface area contributed by atoms with Gasteiger partial charge in [0.2, 0.25) is 0 Å². The molecule has 0 saturated carbocycles. The summed E-state index contributed by atoms with van der Waals surface area (Å²) in [7, 11) is 0. The van der Waals surface area contributed by atoms with Crippen molar-refractivity contribution in [2.75, 3.05) is 0 Å². The normalized spacial score (nSPS) is 24.0. The second-order valence-electron chi connectivity index (χ2n) is 3.54. The van der Waals surface area contributed by atoms with E-state index >= 15 is 0 Å². The van der Waals surface area contributed by atoms with Gasteiger partial charge in [0.1, 0.15) is 0 Å². The Bertz CT molecular complexity index is 177. The summed E-state index contributed by atoms with van der Waals surface area (Å²) in [5.74, 6) is 0.709. The Morgan fingerprint density at radius 1 is 1.64 bits per heavy atom. The highest BCUT2D eigenvalue weighted by Crippen LogP contribution is 2.17. The molecule has 0 aromatic heterocycles. The summed E-state index contributed by atoms with van der Waals surface area (Å²) in [6.07, 6.45) is 7.71. The average Bonchev–Trinajstić information content (AvgIpc) is 1.93. The van der Waals surface area contributed by atoms with Crippen LogP contribution in [-0.2, 0) is 0 Å². The Morgan fingerprint density at radius 3 is 2.82 bits per heavy atom. The molecule has 0 aromatic carbocycles. The molecule has 1 atom stereocenters. The van der Waals surface area contributed by atoms with E-state index < -0.39 is 0 Å². The van der Waals surface area contributed by atoms with E-state index in [4.69, 9.17) is 5.11 Å². The van der Waals surface area contributed by atoms with Crippen molar-refractivity contribution in [1.82, 2.24) is 0 Å². The molecule has 1 unspecified atom stereocenters. The Kier molecular flexibility index (Phi) is 2.89. The van der Waals surface area contributed by atoms with Gasteiger partial charge in [-0.15, -0.1) is 0 Å². The highest BCUT2D eigenvalue weighted by molar-refractivity contribution is 5.24. The summed E-state index contributed by atoms with van der Waals surface area (Å²) in [5.41, 5.74) is 1.37. The van der Waals surface area contributed by atoms with Crippen LogP contribution in [0.15, 0.2) is 23.8 Å². The fraction of sp³-hybridized carbons (Fsp3) is 0.600. The summed E-state index contributed by atoms with van der Waals surface area (Å²) >= 11 is 0. The van der Waals surface area contributed by atoms with Crippen molar-refractivity contribution in [3.8, 4) is 0 Å². The maximum Gasteiger partial charge on any atom is 0.0758 e. The minimum atomic E-state index is -0.245. The highest BCUT2D eigenvalue weighted by Gasteiger charge is 2.05. The lowest BCUT2D eigenvalue weighted by Crippen LogP contribution is -2.04. The van der Waals surface area contributed by atoms with Crippen LogP contribution in [-0.4, -0.2) is 11.2 Å². The number of rotatable bonds is 2. The Balaban J connectivity index is 2.43. The molecule has 0 spiro atoms. The summed E-state index contributed by atoms with van der Waals surface area (Å²) in [6.45, 7) is 4.42. The largest absolute Gasteiger partial charge is 0.389 e. The number of allylic oxidation sites excluding steroid dienone is 2. The highest BCUT2D eigenvalue weighted by atomic mass is 16.3. The van der Waals surface area contributed by atoms with E-state index in [2.05, 4.69) is 19.9 Å². The van der Waals surface area contributed by atoms with Gasteiger partial charge in [0.25, 0.3) is 0 Å². The van der Waals surface area contributed by atoms with Gasteiger partial charge in [0.15, 0.2) is 0 Å². The third kappa shape index (κ3) is 2.89. The Morgan fingerprint density at radius 2 is 2.36 bits per heavy atom. The lowest BCUT2D eigenvalue weighted by atomic mass is 9.97. The van der Waals surface area contributed by atoms with Crippen LogP contribution < -0.4 is 0 Å². The third-order valence-corrected chi connectivity index (χ3v) is 1.80. The first-order valence-electron chi connectivity index (χ1n) is 4.24. The first-order valence-corrected chi connectivity index (χ1v) is 4.24. The van der Waals surface area contributed by atoms with E-state index in [1.54, 1.807) is 0 Å². The zero-order chi connectivity index (χ0) is 8.27. The van der Waals surface area contributed by atoms with Crippen molar-refractivity contribution in [3.63, 3.8) is 0 Å². The predicted octanol–water partition coefficient (Wildman–Crippen LogP) is 2.28. The lowest BCUT2D eigenvalue weighted by molar-refractivity contribution is 0.225. The SMILES string of the molecule is CC(C)CC1=CCC(O)C=C1. The second kappa shape index (κ2) is 3.72. The van der Waals surface area contributed by atoms with E-state index in [1.165, 1.54) is 5.57 Å². The molecule has 0 aliphatic heterocycles. The molecule has 1 rings (SSSR count). The minimum Gasteiger partial charge on any atom is -0.389 e. The lowest BCUT2D eigenvalue weighted by Gasteiger charge is -2.12. The van der Waals surface area contributed by atoms with Gasteiger partial charge in [-0.05, 0) is 18.8 Å². The maximum atomic E-state index is 9.13. The standard InChI is InChI=1S/C10H16O/c1-8(2)7-9-3-5-10(11)6-4-9/h3-5,8,10-11H,6-7H2,1-2H3. The molecule has 0 heterocycles. The van der Waals surface area contributed by atoms with Crippen LogP contribution in [0.1, 0.15) is 26.7 Å². The predicted molar refractivity (Wildman–Crippen MR) is 47.3 cm³/mol. The van der Waals surface area contributed by atoms with E-state index in [0.717, 1.165) is 12.8 Å². The van der Waals surface area contributed by atoms with Crippen molar-refractivity contribution >= 4 is 0 Å². The number of aliphatic hydroxyl groups is 1. The fourth-order valence-electron chi connectivity index (χ4n) is 1.28. The third-order valence-electron chi connectivity index (χ3n) is 1.80.